The fraction of sp³-hybridized carbons (Fsp3) is 0.643. The van der Waals surface area contributed by atoms with Gasteiger partial charge in [-0.15, -0.1) is 0 Å². The molecule has 2 heterocycles. The molecule has 2 rings (SSSR count). The maximum atomic E-state index is 6.32. The highest BCUT2D eigenvalue weighted by molar-refractivity contribution is 6.33. The molecule has 19 heavy (non-hydrogen) atoms. The van der Waals surface area contributed by atoms with Crippen LogP contribution in [0.3, 0.4) is 0 Å². The van der Waals surface area contributed by atoms with E-state index >= 15 is 0 Å². The van der Waals surface area contributed by atoms with Gasteiger partial charge in [0.25, 0.3) is 0 Å². The summed E-state index contributed by atoms with van der Waals surface area (Å²) in [6, 6.07) is 1.99. The third kappa shape index (κ3) is 4.06. The number of ether oxygens (including phenoxy) is 1. The second-order valence-corrected chi connectivity index (χ2v) is 5.52. The van der Waals surface area contributed by atoms with Gasteiger partial charge >= 0.3 is 0 Å². The summed E-state index contributed by atoms with van der Waals surface area (Å²) in [5.41, 5.74) is 1.11. The van der Waals surface area contributed by atoms with E-state index < -0.39 is 0 Å². The van der Waals surface area contributed by atoms with E-state index in [-0.39, 0.29) is 0 Å². The number of halogens is 1. The molecule has 5 heteroatoms. The molecule has 1 aliphatic heterocycles. The quantitative estimate of drug-likeness (QED) is 0.900. The molecule has 0 radical (unpaired) electrons. The van der Waals surface area contributed by atoms with Crippen LogP contribution in [0.15, 0.2) is 12.3 Å². The number of hydrogen-bond donors (Lipinski definition) is 1. The Morgan fingerprint density at radius 1 is 1.47 bits per heavy atom. The maximum absolute atomic E-state index is 6.32. The van der Waals surface area contributed by atoms with Gasteiger partial charge in [-0.2, -0.15) is 0 Å². The SMILES string of the molecule is CNCc1cnc(N(C)CC2CCOCC2)c(Cl)c1. The first-order valence-electron chi connectivity index (χ1n) is 6.78. The van der Waals surface area contributed by atoms with Crippen molar-refractivity contribution in [2.75, 3.05) is 38.8 Å². The van der Waals surface area contributed by atoms with Crippen molar-refractivity contribution in [2.45, 2.75) is 19.4 Å². The summed E-state index contributed by atoms with van der Waals surface area (Å²) in [5.74, 6) is 1.54. The van der Waals surface area contributed by atoms with Gasteiger partial charge < -0.3 is 15.0 Å². The Hall–Kier alpha value is -0.840. The average Bonchev–Trinajstić information content (AvgIpc) is 2.40. The van der Waals surface area contributed by atoms with Crippen molar-refractivity contribution in [1.82, 2.24) is 10.3 Å². The van der Waals surface area contributed by atoms with Gasteiger partial charge in [-0.3, -0.25) is 0 Å². The normalized spacial score (nSPS) is 16.6. The largest absolute Gasteiger partial charge is 0.381 e. The summed E-state index contributed by atoms with van der Waals surface area (Å²) >= 11 is 6.32. The third-order valence-corrected chi connectivity index (χ3v) is 3.77. The molecule has 106 valence electrons. The van der Waals surface area contributed by atoms with Gasteiger partial charge in [0.05, 0.1) is 5.02 Å². The highest BCUT2D eigenvalue weighted by Gasteiger charge is 2.17. The first kappa shape index (κ1) is 14.6. The van der Waals surface area contributed by atoms with E-state index in [2.05, 4.69) is 22.2 Å². The summed E-state index contributed by atoms with van der Waals surface area (Å²) < 4.78 is 5.39. The molecular formula is C14H22ClN3O. The standard InChI is InChI=1S/C14H22ClN3O/c1-16-8-12-7-13(15)14(17-9-12)18(2)10-11-3-5-19-6-4-11/h7,9,11,16H,3-6,8,10H2,1-2H3. The molecule has 1 aliphatic rings. The van der Waals surface area contributed by atoms with E-state index in [1.54, 1.807) is 0 Å². The van der Waals surface area contributed by atoms with Crippen LogP contribution in [-0.4, -0.2) is 38.8 Å². The summed E-state index contributed by atoms with van der Waals surface area (Å²) in [4.78, 5) is 6.64. The molecule has 0 unspecified atom stereocenters. The van der Waals surface area contributed by atoms with Crippen LogP contribution >= 0.6 is 11.6 Å². The van der Waals surface area contributed by atoms with Crippen molar-refractivity contribution >= 4 is 17.4 Å². The molecule has 0 atom stereocenters. The summed E-state index contributed by atoms with van der Waals surface area (Å²) in [6.07, 6.45) is 4.14. The van der Waals surface area contributed by atoms with Gasteiger partial charge in [-0.1, -0.05) is 11.6 Å². The highest BCUT2D eigenvalue weighted by Crippen LogP contribution is 2.25. The number of nitrogens with one attached hydrogen (secondary N) is 1. The van der Waals surface area contributed by atoms with Gasteiger partial charge in [-0.25, -0.2) is 4.98 Å². The van der Waals surface area contributed by atoms with Gasteiger partial charge in [0.2, 0.25) is 0 Å². The Bertz CT molecular complexity index is 408. The van der Waals surface area contributed by atoms with E-state index in [9.17, 15) is 0 Å². The lowest BCUT2D eigenvalue weighted by Gasteiger charge is -2.28. The minimum Gasteiger partial charge on any atom is -0.381 e. The number of rotatable bonds is 5. The van der Waals surface area contributed by atoms with Crippen LogP contribution in [0.1, 0.15) is 18.4 Å². The van der Waals surface area contributed by atoms with Gasteiger partial charge in [0.1, 0.15) is 5.82 Å². The van der Waals surface area contributed by atoms with E-state index in [0.717, 1.165) is 55.5 Å². The molecule has 0 bridgehead atoms. The van der Waals surface area contributed by atoms with Crippen molar-refractivity contribution in [3.05, 3.63) is 22.8 Å². The molecule has 0 saturated carbocycles. The van der Waals surface area contributed by atoms with Crippen LogP contribution in [0.2, 0.25) is 5.02 Å². The molecule has 1 aromatic heterocycles. The highest BCUT2D eigenvalue weighted by atomic mass is 35.5. The topological polar surface area (TPSA) is 37.4 Å². The smallest absolute Gasteiger partial charge is 0.147 e. The summed E-state index contributed by atoms with van der Waals surface area (Å²) in [6.45, 7) is 3.53. The number of nitrogens with zero attached hydrogens (tertiary/aromatic N) is 2. The summed E-state index contributed by atoms with van der Waals surface area (Å²) in [5, 5.41) is 3.82. The molecule has 1 saturated heterocycles. The first-order valence-corrected chi connectivity index (χ1v) is 7.16. The van der Waals surface area contributed by atoms with Gasteiger partial charge in [-0.05, 0) is 37.4 Å². The predicted octanol–water partition coefficient (Wildman–Crippen LogP) is 2.32. The van der Waals surface area contributed by atoms with Crippen molar-refractivity contribution in [2.24, 2.45) is 5.92 Å². The Kier molecular flexibility index (Phi) is 5.43. The van der Waals surface area contributed by atoms with Crippen LogP contribution in [0.4, 0.5) is 5.82 Å². The lowest BCUT2D eigenvalue weighted by Crippen LogP contribution is -2.30. The molecule has 0 aliphatic carbocycles. The van der Waals surface area contributed by atoms with Gasteiger partial charge in [0.15, 0.2) is 0 Å². The van der Waals surface area contributed by atoms with Crippen molar-refractivity contribution in [3.63, 3.8) is 0 Å². The Morgan fingerprint density at radius 2 is 2.21 bits per heavy atom. The Balaban J connectivity index is 1.99. The molecule has 0 amide bonds. The predicted molar refractivity (Wildman–Crippen MR) is 78.8 cm³/mol. The van der Waals surface area contributed by atoms with E-state index in [0.29, 0.717) is 5.92 Å². The fourth-order valence-electron chi connectivity index (χ4n) is 2.45. The first-order chi connectivity index (χ1) is 9.20. The molecule has 1 N–H and O–H groups in total. The number of hydrogen-bond acceptors (Lipinski definition) is 4. The molecular weight excluding hydrogens is 262 g/mol. The molecule has 0 spiro atoms. The van der Waals surface area contributed by atoms with E-state index in [1.807, 2.05) is 19.3 Å². The van der Waals surface area contributed by atoms with E-state index in [4.69, 9.17) is 16.3 Å². The fourth-order valence-corrected chi connectivity index (χ4v) is 2.79. The Morgan fingerprint density at radius 3 is 2.84 bits per heavy atom. The zero-order valence-electron chi connectivity index (χ0n) is 11.7. The van der Waals surface area contributed by atoms with E-state index in [1.165, 1.54) is 0 Å². The van der Waals surface area contributed by atoms with Crippen molar-refractivity contribution in [3.8, 4) is 0 Å². The van der Waals surface area contributed by atoms with Crippen molar-refractivity contribution < 1.29 is 4.74 Å². The van der Waals surface area contributed by atoms with Crippen LogP contribution < -0.4 is 10.2 Å². The minimum absolute atomic E-state index is 0.675. The number of pyridine rings is 1. The van der Waals surface area contributed by atoms with Crippen LogP contribution in [0.5, 0.6) is 0 Å². The minimum atomic E-state index is 0.675. The summed E-state index contributed by atoms with van der Waals surface area (Å²) in [7, 11) is 3.97. The molecule has 1 fully saturated rings. The van der Waals surface area contributed by atoms with Crippen LogP contribution in [-0.2, 0) is 11.3 Å². The van der Waals surface area contributed by atoms with Crippen molar-refractivity contribution in [1.29, 1.82) is 0 Å². The second kappa shape index (κ2) is 7.08. The Labute approximate surface area is 120 Å². The zero-order chi connectivity index (χ0) is 13.7. The number of anilines is 1. The average molecular weight is 284 g/mol. The lowest BCUT2D eigenvalue weighted by molar-refractivity contribution is 0.0685. The molecule has 1 aromatic rings. The maximum Gasteiger partial charge on any atom is 0.147 e. The monoisotopic (exact) mass is 283 g/mol. The molecule has 4 nitrogen and oxygen atoms in total. The zero-order valence-corrected chi connectivity index (χ0v) is 12.4. The third-order valence-electron chi connectivity index (χ3n) is 3.49. The number of aromatic nitrogens is 1. The molecule has 0 aromatic carbocycles. The second-order valence-electron chi connectivity index (χ2n) is 5.12. The van der Waals surface area contributed by atoms with Crippen LogP contribution in [0.25, 0.3) is 0 Å². The van der Waals surface area contributed by atoms with Crippen LogP contribution in [0, 0.1) is 5.92 Å². The van der Waals surface area contributed by atoms with Gasteiger partial charge in [0, 0.05) is 39.5 Å². The lowest BCUT2D eigenvalue weighted by atomic mass is 10.00.